The van der Waals surface area contributed by atoms with Gasteiger partial charge in [0.25, 0.3) is 5.91 Å². The largest absolute Gasteiger partial charge is 0.610 e. The Bertz CT molecular complexity index is 1030. The number of aromatic nitrogens is 2. The van der Waals surface area contributed by atoms with Crippen molar-refractivity contribution in [2.75, 3.05) is 6.26 Å². The molecule has 1 unspecified atom stereocenters. The number of benzene rings is 1. The Hall–Kier alpha value is -2.51. The summed E-state index contributed by atoms with van der Waals surface area (Å²) in [4.78, 5) is 12.9. The number of fused-ring (bicyclic) bond motifs is 1. The Morgan fingerprint density at radius 3 is 2.59 bits per heavy atom. The van der Waals surface area contributed by atoms with Gasteiger partial charge in [-0.1, -0.05) is 12.8 Å². The molecule has 0 bridgehead atoms. The molecule has 3 aromatic rings. The summed E-state index contributed by atoms with van der Waals surface area (Å²) in [6, 6.07) is 12.5. The molecule has 2 heterocycles. The number of rotatable bonds is 4. The van der Waals surface area contributed by atoms with Gasteiger partial charge < -0.3 is 9.87 Å². The van der Waals surface area contributed by atoms with Gasteiger partial charge in [0.05, 0.1) is 15.7 Å². The molecule has 4 rings (SSSR count). The van der Waals surface area contributed by atoms with E-state index in [0.29, 0.717) is 5.69 Å². The SMILES string of the molecule is C[S+](=O)([O-])c1ccc(-c2cc(C(=O)NC3CCCC3)nn3cccc23)cc1. The smallest absolute Gasteiger partial charge is 0.271 e. The first-order chi connectivity index (χ1) is 12.9. The summed E-state index contributed by atoms with van der Waals surface area (Å²) in [5, 5.41) is 7.49. The molecule has 1 amide bonds. The van der Waals surface area contributed by atoms with E-state index in [4.69, 9.17) is 0 Å². The van der Waals surface area contributed by atoms with Crippen LogP contribution in [0.1, 0.15) is 36.2 Å². The molecule has 0 aliphatic heterocycles. The van der Waals surface area contributed by atoms with Crippen LogP contribution >= 0.6 is 0 Å². The zero-order chi connectivity index (χ0) is 19.0. The average Bonchev–Trinajstić information content (AvgIpc) is 3.31. The molecule has 1 atom stereocenters. The predicted molar refractivity (Wildman–Crippen MR) is 103 cm³/mol. The van der Waals surface area contributed by atoms with Gasteiger partial charge in [0, 0.05) is 17.8 Å². The Morgan fingerprint density at radius 2 is 1.93 bits per heavy atom. The number of carbonyl (C=O) groups excluding carboxylic acids is 1. The highest BCUT2D eigenvalue weighted by Gasteiger charge is 2.20. The third kappa shape index (κ3) is 3.65. The maximum atomic E-state index is 12.7. The lowest BCUT2D eigenvalue weighted by molar-refractivity contribution is 0.0931. The molecule has 1 aliphatic rings. The summed E-state index contributed by atoms with van der Waals surface area (Å²) in [7, 11) is -3.25. The van der Waals surface area contributed by atoms with E-state index in [1.165, 1.54) is 6.26 Å². The number of nitrogens with one attached hydrogen (secondary N) is 1. The molecular weight excluding hydrogens is 362 g/mol. The van der Waals surface area contributed by atoms with Gasteiger partial charge in [0.1, 0.15) is 11.9 Å². The molecule has 1 saturated carbocycles. The normalized spacial score (nSPS) is 17.1. The van der Waals surface area contributed by atoms with Crippen molar-refractivity contribution in [1.29, 1.82) is 0 Å². The third-order valence-electron chi connectivity index (χ3n) is 5.02. The topological polar surface area (TPSA) is 86.5 Å². The molecule has 140 valence electrons. The van der Waals surface area contributed by atoms with Crippen LogP contribution in [0.25, 0.3) is 16.6 Å². The van der Waals surface area contributed by atoms with E-state index in [2.05, 4.69) is 10.4 Å². The molecule has 7 heteroatoms. The second-order valence-corrected chi connectivity index (χ2v) is 9.05. The molecule has 0 saturated heterocycles. The first kappa shape index (κ1) is 17.9. The maximum Gasteiger partial charge on any atom is 0.271 e. The Morgan fingerprint density at radius 1 is 1.22 bits per heavy atom. The number of amides is 1. The van der Waals surface area contributed by atoms with Crippen molar-refractivity contribution in [3.05, 3.63) is 54.4 Å². The standard InChI is InChI=1S/C20H21N3O3S/c1-27(25,26)16-10-8-14(9-11-16)17-13-18(22-23-12-4-7-19(17)23)20(24)21-15-5-2-3-6-15/h4,7-13,15H,2-3,5-6H2,1H3,(H-,21,24,25,26). The van der Waals surface area contributed by atoms with Crippen molar-refractivity contribution >= 4 is 21.6 Å². The first-order valence-corrected chi connectivity index (χ1v) is 10.9. The quantitative estimate of drug-likeness (QED) is 0.701. The van der Waals surface area contributed by atoms with Crippen LogP contribution in [0.2, 0.25) is 0 Å². The predicted octanol–water partition coefficient (Wildman–Crippen LogP) is 3.29. The van der Waals surface area contributed by atoms with Crippen LogP contribution in [0, 0.1) is 0 Å². The molecule has 0 spiro atoms. The van der Waals surface area contributed by atoms with Crippen LogP contribution in [0.5, 0.6) is 0 Å². The Kier molecular flexibility index (Phi) is 4.57. The van der Waals surface area contributed by atoms with Crippen LogP contribution in [0.4, 0.5) is 0 Å². The summed E-state index contributed by atoms with van der Waals surface area (Å²) in [6.07, 6.45) is 7.30. The molecule has 1 N–H and O–H groups in total. The van der Waals surface area contributed by atoms with Crippen molar-refractivity contribution in [3.63, 3.8) is 0 Å². The van der Waals surface area contributed by atoms with Crippen molar-refractivity contribution in [2.45, 2.75) is 36.6 Å². The lowest BCUT2D eigenvalue weighted by Crippen LogP contribution is -2.33. The van der Waals surface area contributed by atoms with E-state index >= 15 is 0 Å². The molecule has 1 aromatic carbocycles. The molecule has 1 aliphatic carbocycles. The second kappa shape index (κ2) is 6.90. The van der Waals surface area contributed by atoms with E-state index in [9.17, 15) is 13.6 Å². The van der Waals surface area contributed by atoms with Crippen molar-refractivity contribution in [3.8, 4) is 11.1 Å². The average molecular weight is 383 g/mol. The molecule has 27 heavy (non-hydrogen) atoms. The van der Waals surface area contributed by atoms with Crippen molar-refractivity contribution < 1.29 is 13.6 Å². The highest BCUT2D eigenvalue weighted by molar-refractivity contribution is 7.97. The Labute approximate surface area is 158 Å². The number of hydrogen-bond donors (Lipinski definition) is 1. The first-order valence-electron chi connectivity index (χ1n) is 9.01. The fourth-order valence-electron chi connectivity index (χ4n) is 3.58. The summed E-state index contributed by atoms with van der Waals surface area (Å²) >= 11 is 0. The van der Waals surface area contributed by atoms with Gasteiger partial charge in [0.15, 0.2) is 4.90 Å². The highest BCUT2D eigenvalue weighted by Crippen LogP contribution is 2.27. The van der Waals surface area contributed by atoms with Crippen LogP contribution in [-0.2, 0) is 14.4 Å². The van der Waals surface area contributed by atoms with Gasteiger partial charge >= 0.3 is 0 Å². The van der Waals surface area contributed by atoms with Crippen molar-refractivity contribution in [2.24, 2.45) is 0 Å². The van der Waals surface area contributed by atoms with E-state index in [1.807, 2.05) is 12.1 Å². The second-order valence-electron chi connectivity index (χ2n) is 7.03. The van der Waals surface area contributed by atoms with Crippen molar-refractivity contribution in [1.82, 2.24) is 14.9 Å². The van der Waals surface area contributed by atoms with Gasteiger partial charge in [-0.25, -0.2) is 4.52 Å². The van der Waals surface area contributed by atoms with Gasteiger partial charge in [-0.05, 0) is 60.9 Å². The third-order valence-corrected chi connectivity index (χ3v) is 6.15. The maximum absolute atomic E-state index is 12.7. The van der Waals surface area contributed by atoms with Crippen LogP contribution < -0.4 is 5.32 Å². The summed E-state index contributed by atoms with van der Waals surface area (Å²) < 4.78 is 25.1. The number of hydrogen-bond acceptors (Lipinski definition) is 4. The summed E-state index contributed by atoms with van der Waals surface area (Å²) in [5.41, 5.74) is 2.89. The van der Waals surface area contributed by atoms with Crippen LogP contribution in [0.15, 0.2) is 53.6 Å². The van der Waals surface area contributed by atoms with Gasteiger partial charge in [-0.3, -0.25) is 4.79 Å². The van der Waals surface area contributed by atoms with E-state index < -0.39 is 10.2 Å². The fourth-order valence-corrected chi connectivity index (χ4v) is 4.21. The minimum Gasteiger partial charge on any atom is -0.610 e. The lowest BCUT2D eigenvalue weighted by atomic mass is 10.1. The highest BCUT2D eigenvalue weighted by atomic mass is 32.3. The summed E-state index contributed by atoms with van der Waals surface area (Å²) in [5.74, 6) is -0.175. The molecular formula is C20H21N3O3S. The fraction of sp³-hybridized carbons (Fsp3) is 0.300. The van der Waals surface area contributed by atoms with Crippen LogP contribution in [-0.4, -0.2) is 32.4 Å². The minimum atomic E-state index is -3.25. The van der Waals surface area contributed by atoms with E-state index in [0.717, 1.165) is 42.3 Å². The van der Waals surface area contributed by atoms with E-state index in [1.54, 1.807) is 41.0 Å². The number of carbonyl (C=O) groups is 1. The zero-order valence-electron chi connectivity index (χ0n) is 15.1. The molecule has 6 nitrogen and oxygen atoms in total. The lowest BCUT2D eigenvalue weighted by Gasteiger charge is -2.13. The number of nitrogens with zero attached hydrogens (tertiary/aromatic N) is 2. The molecule has 1 fully saturated rings. The number of sulfone groups is 1. The van der Waals surface area contributed by atoms with Gasteiger partial charge in [-0.15, -0.1) is 4.21 Å². The molecule has 2 aromatic heterocycles. The zero-order valence-corrected chi connectivity index (χ0v) is 15.9. The van der Waals surface area contributed by atoms with Gasteiger partial charge in [-0.2, -0.15) is 5.10 Å². The van der Waals surface area contributed by atoms with E-state index in [-0.39, 0.29) is 16.8 Å². The monoisotopic (exact) mass is 383 g/mol. The Balaban J connectivity index is 1.72. The minimum absolute atomic E-state index is 0.175. The van der Waals surface area contributed by atoms with Gasteiger partial charge in [0.2, 0.25) is 0 Å². The molecule has 0 radical (unpaired) electrons. The van der Waals surface area contributed by atoms with Crippen LogP contribution in [0.3, 0.4) is 0 Å². The summed E-state index contributed by atoms with van der Waals surface area (Å²) in [6.45, 7) is 0.